The Bertz CT molecular complexity index is 1410. The van der Waals surface area contributed by atoms with Gasteiger partial charge in [0.1, 0.15) is 6.04 Å². The Morgan fingerprint density at radius 1 is 1.02 bits per heavy atom. The summed E-state index contributed by atoms with van der Waals surface area (Å²) in [6, 6.07) is 14.9. The number of carbonyl (C=O) groups excluding carboxylic acids is 2. The summed E-state index contributed by atoms with van der Waals surface area (Å²) in [5, 5.41) is 7.13. The third-order valence-corrected chi connectivity index (χ3v) is 11.4. The second-order valence-corrected chi connectivity index (χ2v) is 15.2. The van der Waals surface area contributed by atoms with Crippen molar-refractivity contribution in [1.29, 1.82) is 0 Å². The Hall–Kier alpha value is -2.50. The minimum Gasteiger partial charge on any atom is -0.344 e. The zero-order valence-corrected chi connectivity index (χ0v) is 28.2. The number of nitrogens with one attached hydrogen (secondary N) is 2. The predicted molar refractivity (Wildman–Crippen MR) is 178 cm³/mol. The van der Waals surface area contributed by atoms with E-state index in [4.69, 9.17) is 11.6 Å². The summed E-state index contributed by atoms with van der Waals surface area (Å²) < 4.78 is 26.6. The van der Waals surface area contributed by atoms with E-state index in [1.807, 2.05) is 36.1 Å². The highest BCUT2D eigenvalue weighted by molar-refractivity contribution is 7.88. The number of sulfonamides is 1. The molecule has 0 spiro atoms. The van der Waals surface area contributed by atoms with E-state index in [9.17, 15) is 18.0 Å². The van der Waals surface area contributed by atoms with Crippen LogP contribution in [-0.4, -0.2) is 91.9 Å². The maximum absolute atomic E-state index is 14.0. The number of hydrogen-bond donors (Lipinski definition) is 2. The van der Waals surface area contributed by atoms with E-state index in [0.717, 1.165) is 30.5 Å². The zero-order chi connectivity index (χ0) is 32.0. The molecule has 5 rings (SSSR count). The Labute approximate surface area is 273 Å². The lowest BCUT2D eigenvalue weighted by Gasteiger charge is -2.45. The van der Waals surface area contributed by atoms with E-state index in [-0.39, 0.29) is 30.3 Å². The van der Waals surface area contributed by atoms with Crippen molar-refractivity contribution in [3.63, 3.8) is 0 Å². The van der Waals surface area contributed by atoms with E-state index < -0.39 is 16.1 Å². The van der Waals surface area contributed by atoms with Crippen LogP contribution in [-0.2, 0) is 32.6 Å². The second-order valence-electron chi connectivity index (χ2n) is 12.8. The third kappa shape index (κ3) is 8.86. The molecular formula is C34H48ClN5O4S. The van der Waals surface area contributed by atoms with Gasteiger partial charge in [0.05, 0.1) is 6.26 Å². The first-order valence-corrected chi connectivity index (χ1v) is 18.7. The van der Waals surface area contributed by atoms with Crippen molar-refractivity contribution in [2.75, 3.05) is 45.5 Å². The Kier molecular flexibility index (Phi) is 11.6. The van der Waals surface area contributed by atoms with Crippen LogP contribution in [0.3, 0.4) is 0 Å². The summed E-state index contributed by atoms with van der Waals surface area (Å²) in [5.41, 5.74) is 3.26. The zero-order valence-electron chi connectivity index (χ0n) is 26.6. The first-order valence-electron chi connectivity index (χ1n) is 16.4. The van der Waals surface area contributed by atoms with Gasteiger partial charge in [-0.2, -0.15) is 0 Å². The van der Waals surface area contributed by atoms with Crippen molar-refractivity contribution >= 4 is 33.4 Å². The number of hydrogen-bond acceptors (Lipinski definition) is 6. The number of nitrogens with zero attached hydrogens (tertiary/aromatic N) is 3. The normalized spacial score (nSPS) is 21.0. The summed E-state index contributed by atoms with van der Waals surface area (Å²) in [6.07, 6.45) is 7.74. The minimum atomic E-state index is -3.30. The lowest BCUT2D eigenvalue weighted by atomic mass is 9.83. The summed E-state index contributed by atoms with van der Waals surface area (Å²) >= 11 is 6.12. The van der Waals surface area contributed by atoms with Crippen molar-refractivity contribution in [3.8, 4) is 0 Å². The lowest BCUT2D eigenvalue weighted by Crippen LogP contribution is -2.59. The molecular weight excluding hydrogens is 610 g/mol. The molecule has 2 heterocycles. The molecule has 45 heavy (non-hydrogen) atoms. The topological polar surface area (TPSA) is 102 Å². The van der Waals surface area contributed by atoms with Crippen LogP contribution in [0.25, 0.3) is 0 Å². The number of carbonyl (C=O) groups is 2. The van der Waals surface area contributed by atoms with Crippen molar-refractivity contribution in [2.24, 2.45) is 5.92 Å². The molecule has 2 fully saturated rings. The smallest absolute Gasteiger partial charge is 0.245 e. The van der Waals surface area contributed by atoms with Gasteiger partial charge in [0.15, 0.2) is 0 Å². The van der Waals surface area contributed by atoms with Crippen molar-refractivity contribution < 1.29 is 18.0 Å². The molecule has 2 aromatic carbocycles. The van der Waals surface area contributed by atoms with Gasteiger partial charge in [0.2, 0.25) is 21.8 Å². The summed E-state index contributed by atoms with van der Waals surface area (Å²) in [6.45, 7) is 6.00. The van der Waals surface area contributed by atoms with Crippen LogP contribution < -0.4 is 10.6 Å². The molecule has 3 unspecified atom stereocenters. The lowest BCUT2D eigenvalue weighted by molar-refractivity contribution is -0.138. The van der Waals surface area contributed by atoms with Gasteiger partial charge in [-0.15, -0.1) is 0 Å². The highest BCUT2D eigenvalue weighted by Gasteiger charge is 2.36. The van der Waals surface area contributed by atoms with Crippen LogP contribution in [0, 0.1) is 5.92 Å². The highest BCUT2D eigenvalue weighted by Crippen LogP contribution is 2.31. The summed E-state index contributed by atoms with van der Waals surface area (Å²) in [5.74, 6) is 0.203. The van der Waals surface area contributed by atoms with E-state index in [1.165, 1.54) is 31.1 Å². The molecule has 0 bridgehead atoms. The number of likely N-dealkylation sites (N-methyl/N-ethyl adjacent to an activating group) is 1. The Balaban J connectivity index is 1.26. The van der Waals surface area contributed by atoms with Crippen LogP contribution in [0.1, 0.15) is 68.2 Å². The average molecular weight is 658 g/mol. The fraction of sp³-hybridized carbons (Fsp3) is 0.588. The van der Waals surface area contributed by atoms with Crippen LogP contribution >= 0.6 is 11.6 Å². The minimum absolute atomic E-state index is 0.0811. The molecule has 1 saturated carbocycles. The largest absolute Gasteiger partial charge is 0.344 e. The van der Waals surface area contributed by atoms with Crippen LogP contribution in [0.15, 0.2) is 48.5 Å². The maximum Gasteiger partial charge on any atom is 0.245 e. The van der Waals surface area contributed by atoms with E-state index >= 15 is 0 Å². The Morgan fingerprint density at radius 3 is 2.38 bits per heavy atom. The summed E-state index contributed by atoms with van der Waals surface area (Å²) in [4.78, 5) is 31.7. The quantitative estimate of drug-likeness (QED) is 0.358. The first kappa shape index (κ1) is 33.9. The van der Waals surface area contributed by atoms with Gasteiger partial charge < -0.3 is 15.5 Å². The van der Waals surface area contributed by atoms with E-state index in [2.05, 4.69) is 27.7 Å². The monoisotopic (exact) mass is 657 g/mol. The van der Waals surface area contributed by atoms with Crippen LogP contribution in [0.4, 0.5) is 0 Å². The van der Waals surface area contributed by atoms with E-state index in [1.54, 1.807) is 16.4 Å². The molecule has 0 radical (unpaired) electrons. The van der Waals surface area contributed by atoms with Gasteiger partial charge in [0, 0.05) is 75.8 Å². The van der Waals surface area contributed by atoms with Gasteiger partial charge in [-0.3, -0.25) is 14.5 Å². The number of amides is 2. The molecule has 3 aliphatic rings. The molecule has 11 heteroatoms. The number of rotatable bonds is 12. The first-order chi connectivity index (χ1) is 21.6. The van der Waals surface area contributed by atoms with Crippen molar-refractivity contribution in [1.82, 2.24) is 24.7 Å². The molecule has 2 amide bonds. The highest BCUT2D eigenvalue weighted by atomic mass is 35.5. The molecule has 2 aliphatic heterocycles. The molecule has 9 nitrogen and oxygen atoms in total. The third-order valence-electron chi connectivity index (χ3n) is 9.85. The fourth-order valence-electron chi connectivity index (χ4n) is 7.34. The standard InChI is InChI=1S/C34H48ClN5O4S/c1-3-40(45(2,43)44)24-32(26-9-5-4-6-10-26)38-17-19-39(20-18-38)34(42)31(21-25-13-15-28(35)16-14-25)37-33(41)22-30-29-12-8-7-11-27(29)23-36-30/h7-8,11-16,26,30-32,36H,3-6,9-10,17-24H2,1-2H3,(H,37,41). The van der Waals surface area contributed by atoms with Gasteiger partial charge >= 0.3 is 0 Å². The molecule has 1 saturated heterocycles. The molecule has 3 atom stereocenters. The number of halogens is 1. The van der Waals surface area contributed by atoms with Gasteiger partial charge in [0.25, 0.3) is 0 Å². The number of piperazine rings is 1. The van der Waals surface area contributed by atoms with Gasteiger partial charge in [-0.25, -0.2) is 12.7 Å². The Morgan fingerprint density at radius 2 is 1.71 bits per heavy atom. The predicted octanol–water partition coefficient (Wildman–Crippen LogP) is 3.98. The van der Waals surface area contributed by atoms with Crippen LogP contribution in [0.5, 0.6) is 0 Å². The number of fused-ring (bicyclic) bond motifs is 1. The molecule has 1 aliphatic carbocycles. The van der Waals surface area contributed by atoms with Crippen molar-refractivity contribution in [2.45, 2.75) is 76.5 Å². The SMILES string of the molecule is CCN(CC(C1CCCCC1)N1CCN(C(=O)C(Cc2ccc(Cl)cc2)NC(=O)CC2NCc3ccccc32)CC1)S(C)(=O)=O. The molecule has 246 valence electrons. The van der Waals surface area contributed by atoms with E-state index in [0.29, 0.717) is 56.6 Å². The molecule has 2 aromatic rings. The summed E-state index contributed by atoms with van der Waals surface area (Å²) in [7, 11) is -3.30. The maximum atomic E-state index is 14.0. The van der Waals surface area contributed by atoms with Crippen molar-refractivity contribution in [3.05, 3.63) is 70.2 Å². The van der Waals surface area contributed by atoms with Gasteiger partial charge in [-0.1, -0.05) is 74.2 Å². The second kappa shape index (κ2) is 15.4. The molecule has 2 N–H and O–H groups in total. The number of benzene rings is 2. The average Bonchev–Trinajstić information content (AvgIpc) is 3.44. The van der Waals surface area contributed by atoms with Crippen LogP contribution in [0.2, 0.25) is 5.02 Å². The van der Waals surface area contributed by atoms with Gasteiger partial charge in [-0.05, 0) is 47.6 Å². The fourth-order valence-corrected chi connectivity index (χ4v) is 8.36. The molecule has 0 aromatic heterocycles.